The number of carbonyl (C=O) groups excluding carboxylic acids is 3. The van der Waals surface area contributed by atoms with Crippen LogP contribution in [-0.4, -0.2) is 87.2 Å². The van der Waals surface area contributed by atoms with Crippen LogP contribution in [0.15, 0.2) is 36.6 Å². The van der Waals surface area contributed by atoms with Gasteiger partial charge in [-0.3, -0.25) is 9.69 Å². The third-order valence-electron chi connectivity index (χ3n) is 7.65. The predicted octanol–water partition coefficient (Wildman–Crippen LogP) is 3.63. The van der Waals surface area contributed by atoms with E-state index in [9.17, 15) is 14.4 Å². The topological polar surface area (TPSA) is 94.6 Å². The van der Waals surface area contributed by atoms with E-state index in [-0.39, 0.29) is 54.5 Å². The van der Waals surface area contributed by atoms with Gasteiger partial charge >= 0.3 is 12.1 Å². The summed E-state index contributed by atoms with van der Waals surface area (Å²) in [6.07, 6.45) is 2.59. The van der Waals surface area contributed by atoms with Gasteiger partial charge in [-0.1, -0.05) is 46.1 Å². The van der Waals surface area contributed by atoms with E-state index < -0.39 is 26.4 Å². The van der Waals surface area contributed by atoms with E-state index in [1.807, 2.05) is 6.92 Å². The fraction of sp³-hybridized carbons (Fsp3) is 0.654. The molecule has 3 heterocycles. The van der Waals surface area contributed by atoms with Gasteiger partial charge in [-0.05, 0) is 37.0 Å². The zero-order valence-corrected chi connectivity index (χ0v) is 23.4. The average molecular weight is 521 g/mol. The number of hydrogen-bond donors (Lipinski definition) is 0. The van der Waals surface area contributed by atoms with Gasteiger partial charge in [-0.2, -0.15) is 0 Å². The van der Waals surface area contributed by atoms with Gasteiger partial charge in [0.25, 0.3) is 0 Å². The molecule has 3 aliphatic rings. The van der Waals surface area contributed by atoms with Crippen LogP contribution in [0.25, 0.3) is 0 Å². The number of β-lactam (4-membered cyclic amide) rings is 1. The van der Waals surface area contributed by atoms with Crippen LogP contribution in [0.3, 0.4) is 0 Å². The van der Waals surface area contributed by atoms with Gasteiger partial charge in [0, 0.05) is 6.54 Å². The van der Waals surface area contributed by atoms with Gasteiger partial charge < -0.3 is 23.5 Å². The number of morpholine rings is 1. The Morgan fingerprint density at radius 1 is 1.19 bits per heavy atom. The minimum absolute atomic E-state index is 0.00177. The molecule has 0 aromatic heterocycles. The summed E-state index contributed by atoms with van der Waals surface area (Å²) in [6.45, 7) is 20.9. The SMILES string of the molecule is C=CCOC(=O)C1=C([C@@H]2COCCN2C(=O)OCC=C)C[C@@H]2[C@@H]([C@@H](C)O[Si](C)(C)C(C)(C)C)C(=O)N12. The van der Waals surface area contributed by atoms with Gasteiger partial charge in [0.15, 0.2) is 8.32 Å². The molecule has 0 saturated carbocycles. The van der Waals surface area contributed by atoms with Crippen molar-refractivity contribution in [2.45, 2.75) is 70.4 Å². The lowest BCUT2D eigenvalue weighted by molar-refractivity contribution is -0.161. The van der Waals surface area contributed by atoms with Crippen molar-refractivity contribution in [1.82, 2.24) is 9.80 Å². The summed E-state index contributed by atoms with van der Waals surface area (Å²) in [4.78, 5) is 42.5. The molecule has 3 rings (SSSR count). The van der Waals surface area contributed by atoms with Gasteiger partial charge in [-0.15, -0.1) is 0 Å². The third-order valence-corrected chi connectivity index (χ3v) is 12.2. The van der Waals surface area contributed by atoms with E-state index in [0.29, 0.717) is 25.1 Å². The Kier molecular flexibility index (Phi) is 8.52. The normalized spacial score (nSPS) is 25.2. The Morgan fingerprint density at radius 3 is 2.44 bits per heavy atom. The molecule has 9 nitrogen and oxygen atoms in total. The van der Waals surface area contributed by atoms with E-state index in [4.69, 9.17) is 18.6 Å². The fourth-order valence-corrected chi connectivity index (χ4v) is 6.25. The molecule has 0 spiro atoms. The first-order valence-electron chi connectivity index (χ1n) is 12.5. The summed E-state index contributed by atoms with van der Waals surface area (Å²) in [5, 5.41) is -0.00177. The maximum Gasteiger partial charge on any atom is 0.410 e. The van der Waals surface area contributed by atoms with Crippen molar-refractivity contribution in [3.05, 3.63) is 36.6 Å². The Balaban J connectivity index is 1.91. The second-order valence-corrected chi connectivity index (χ2v) is 15.8. The number of nitrogens with zero attached hydrogens (tertiary/aromatic N) is 2. The second-order valence-electron chi connectivity index (χ2n) is 11.0. The number of amides is 2. The summed E-state index contributed by atoms with van der Waals surface area (Å²) >= 11 is 0. The van der Waals surface area contributed by atoms with E-state index in [0.717, 1.165) is 0 Å². The van der Waals surface area contributed by atoms with Crippen molar-refractivity contribution >= 4 is 26.3 Å². The minimum Gasteiger partial charge on any atom is -0.457 e. The summed E-state index contributed by atoms with van der Waals surface area (Å²) in [5.74, 6) is -1.16. The molecule has 4 atom stereocenters. The molecular formula is C26H40N2O7Si. The highest BCUT2D eigenvalue weighted by molar-refractivity contribution is 6.74. The average Bonchev–Trinajstić information content (AvgIpc) is 3.14. The molecule has 200 valence electrons. The number of ether oxygens (including phenoxy) is 3. The smallest absolute Gasteiger partial charge is 0.410 e. The lowest BCUT2D eigenvalue weighted by Gasteiger charge is -2.49. The van der Waals surface area contributed by atoms with E-state index >= 15 is 0 Å². The molecule has 3 aliphatic heterocycles. The first-order chi connectivity index (χ1) is 16.9. The molecular weight excluding hydrogens is 480 g/mol. The van der Waals surface area contributed by atoms with Crippen LogP contribution in [0.4, 0.5) is 4.79 Å². The largest absolute Gasteiger partial charge is 0.457 e. The van der Waals surface area contributed by atoms with Crippen LogP contribution in [0.1, 0.15) is 34.1 Å². The van der Waals surface area contributed by atoms with Crippen molar-refractivity contribution in [2.24, 2.45) is 5.92 Å². The molecule has 0 aromatic carbocycles. The lowest BCUT2D eigenvalue weighted by atomic mass is 9.82. The molecule has 0 bridgehead atoms. The molecule has 0 unspecified atom stereocenters. The van der Waals surface area contributed by atoms with Crippen molar-refractivity contribution in [2.75, 3.05) is 33.0 Å². The van der Waals surface area contributed by atoms with Gasteiger partial charge in [0.1, 0.15) is 18.9 Å². The monoisotopic (exact) mass is 520 g/mol. The highest BCUT2D eigenvalue weighted by Crippen LogP contribution is 2.48. The molecule has 36 heavy (non-hydrogen) atoms. The van der Waals surface area contributed by atoms with E-state index in [2.05, 4.69) is 47.0 Å². The standard InChI is InChI=1S/C26H40N2O7Si/c1-9-12-33-24(30)22-18(20-16-32-14-11-27(20)25(31)34-13-10-2)15-19-21(23(29)28(19)22)17(3)35-36(7,8)26(4,5)6/h9-10,17,19-21H,1-2,11-16H2,3-8H3/t17-,19-,20+,21-/m1/s1. The first kappa shape index (κ1) is 28.1. The zero-order valence-electron chi connectivity index (χ0n) is 22.4. The van der Waals surface area contributed by atoms with Crippen molar-refractivity contribution < 1.29 is 33.0 Å². The zero-order chi connectivity index (χ0) is 26.8. The fourth-order valence-electron chi connectivity index (χ4n) is 4.82. The Hall–Kier alpha value is -2.43. The van der Waals surface area contributed by atoms with Crippen LogP contribution >= 0.6 is 0 Å². The summed E-state index contributed by atoms with van der Waals surface area (Å²) in [5.41, 5.74) is 0.847. The first-order valence-corrected chi connectivity index (χ1v) is 15.4. The maximum absolute atomic E-state index is 13.4. The Labute approximate surface area is 215 Å². The van der Waals surface area contributed by atoms with E-state index in [1.54, 1.807) is 4.90 Å². The summed E-state index contributed by atoms with van der Waals surface area (Å²) < 4.78 is 22.9. The number of carbonyl (C=O) groups is 3. The van der Waals surface area contributed by atoms with Crippen molar-refractivity contribution in [3.8, 4) is 0 Å². The third kappa shape index (κ3) is 5.30. The molecule has 2 amide bonds. The van der Waals surface area contributed by atoms with Crippen LogP contribution < -0.4 is 0 Å². The highest BCUT2D eigenvalue weighted by Gasteiger charge is 2.59. The molecule has 0 N–H and O–H groups in total. The molecule has 0 radical (unpaired) electrons. The second kappa shape index (κ2) is 10.9. The number of esters is 1. The molecule has 2 fully saturated rings. The molecule has 0 aromatic rings. The molecule has 0 aliphatic carbocycles. The van der Waals surface area contributed by atoms with Crippen molar-refractivity contribution in [1.29, 1.82) is 0 Å². The van der Waals surface area contributed by atoms with Gasteiger partial charge in [0.2, 0.25) is 5.91 Å². The Bertz CT molecular complexity index is 939. The van der Waals surface area contributed by atoms with Crippen LogP contribution in [0.2, 0.25) is 18.1 Å². The number of fused-ring (bicyclic) bond motifs is 1. The molecule has 2 saturated heterocycles. The Morgan fingerprint density at radius 2 is 1.83 bits per heavy atom. The lowest BCUT2D eigenvalue weighted by Crippen LogP contribution is -2.63. The molecule has 10 heteroatoms. The summed E-state index contributed by atoms with van der Waals surface area (Å²) in [7, 11) is -2.12. The quantitative estimate of drug-likeness (QED) is 0.198. The van der Waals surface area contributed by atoms with Crippen LogP contribution in [0.5, 0.6) is 0 Å². The van der Waals surface area contributed by atoms with Crippen LogP contribution in [-0.2, 0) is 28.2 Å². The summed E-state index contributed by atoms with van der Waals surface area (Å²) in [6, 6.07) is -0.787. The number of rotatable bonds is 9. The van der Waals surface area contributed by atoms with Crippen LogP contribution in [0, 0.1) is 5.92 Å². The maximum atomic E-state index is 13.4. The van der Waals surface area contributed by atoms with Crippen molar-refractivity contribution in [3.63, 3.8) is 0 Å². The van der Waals surface area contributed by atoms with E-state index in [1.165, 1.54) is 17.1 Å². The number of hydrogen-bond acceptors (Lipinski definition) is 7. The van der Waals surface area contributed by atoms with Gasteiger partial charge in [0.05, 0.1) is 37.3 Å². The van der Waals surface area contributed by atoms with Gasteiger partial charge in [-0.25, -0.2) is 9.59 Å². The predicted molar refractivity (Wildman–Crippen MR) is 138 cm³/mol. The highest BCUT2D eigenvalue weighted by atomic mass is 28.4. The minimum atomic E-state index is -2.12.